The van der Waals surface area contributed by atoms with Crippen molar-refractivity contribution in [1.29, 1.82) is 0 Å². The van der Waals surface area contributed by atoms with E-state index >= 15 is 0 Å². The predicted molar refractivity (Wildman–Crippen MR) is 60.5 cm³/mol. The number of hydrogen-bond acceptors (Lipinski definition) is 2. The molecule has 0 heterocycles. The van der Waals surface area contributed by atoms with E-state index < -0.39 is 0 Å². The first-order valence-electron chi connectivity index (χ1n) is 4.27. The Morgan fingerprint density at radius 1 is 1.00 bits per heavy atom. The Morgan fingerprint density at radius 3 is 2.00 bits per heavy atom. The molecular formula is C10H15AlN2. The van der Waals surface area contributed by atoms with E-state index in [9.17, 15) is 0 Å². The molecule has 0 aromatic heterocycles. The van der Waals surface area contributed by atoms with Crippen LogP contribution >= 0.6 is 0 Å². The number of hydrogen-bond donors (Lipinski definition) is 0. The van der Waals surface area contributed by atoms with Crippen LogP contribution in [0.5, 0.6) is 0 Å². The average Bonchev–Trinajstić information content (AvgIpc) is 2.02. The molecule has 0 unspecified atom stereocenters. The summed E-state index contributed by atoms with van der Waals surface area (Å²) in [7, 11) is 8.25. The number of anilines is 2. The molecule has 0 aliphatic rings. The third-order valence-electron chi connectivity index (χ3n) is 1.97. The first kappa shape index (κ1) is 10.4. The van der Waals surface area contributed by atoms with E-state index in [0.717, 1.165) is 0 Å². The number of rotatable bonds is 2. The van der Waals surface area contributed by atoms with Crippen molar-refractivity contribution in [2.24, 2.45) is 0 Å². The highest BCUT2D eigenvalue weighted by Crippen LogP contribution is 2.23. The third-order valence-corrected chi connectivity index (χ3v) is 2.44. The molecule has 0 N–H and O–H groups in total. The van der Waals surface area contributed by atoms with Gasteiger partial charge < -0.3 is 9.80 Å². The van der Waals surface area contributed by atoms with Gasteiger partial charge in [-0.1, -0.05) is 12.1 Å². The van der Waals surface area contributed by atoms with Crippen molar-refractivity contribution >= 4 is 32.1 Å². The van der Waals surface area contributed by atoms with Gasteiger partial charge in [0, 0.05) is 33.9 Å². The Hall–Kier alpha value is -0.648. The van der Waals surface area contributed by atoms with Crippen LogP contribution in [0.3, 0.4) is 0 Å². The third kappa shape index (κ3) is 2.18. The minimum absolute atomic E-state index is 1.23. The second kappa shape index (κ2) is 4.04. The van der Waals surface area contributed by atoms with Gasteiger partial charge in [0.25, 0.3) is 0 Å². The van der Waals surface area contributed by atoms with Crippen molar-refractivity contribution in [2.45, 2.75) is 0 Å². The molecule has 0 atom stereocenters. The van der Waals surface area contributed by atoms with Gasteiger partial charge in [-0.25, -0.2) is 0 Å². The zero-order valence-corrected chi connectivity index (χ0v) is 9.86. The summed E-state index contributed by atoms with van der Waals surface area (Å²) in [6.07, 6.45) is 0. The van der Waals surface area contributed by atoms with E-state index in [1.54, 1.807) is 0 Å². The maximum Gasteiger partial charge on any atom is 0.179 e. The van der Waals surface area contributed by atoms with E-state index in [4.69, 9.17) is 0 Å². The molecule has 0 bridgehead atoms. The molecule has 0 aliphatic heterocycles. The molecule has 0 fully saturated rings. The van der Waals surface area contributed by atoms with Gasteiger partial charge in [0.2, 0.25) is 0 Å². The molecule has 0 amide bonds. The van der Waals surface area contributed by atoms with Crippen LogP contribution in [0, 0.1) is 0 Å². The van der Waals surface area contributed by atoms with Crippen molar-refractivity contribution < 1.29 is 0 Å². The molecule has 2 radical (unpaired) electrons. The molecule has 2 nitrogen and oxygen atoms in total. The lowest BCUT2D eigenvalue weighted by molar-refractivity contribution is 1.08. The van der Waals surface area contributed by atoms with Crippen LogP contribution < -0.4 is 14.2 Å². The van der Waals surface area contributed by atoms with E-state index in [1.807, 2.05) is 0 Å². The Labute approximate surface area is 88.6 Å². The Bertz CT molecular complexity index is 295. The highest BCUT2D eigenvalue weighted by atomic mass is 27.0. The average molecular weight is 190 g/mol. The van der Waals surface area contributed by atoms with Crippen LogP contribution in [-0.4, -0.2) is 44.5 Å². The normalized spacial score (nSPS) is 9.85. The minimum atomic E-state index is 1.23. The molecule has 1 rings (SSSR count). The fourth-order valence-corrected chi connectivity index (χ4v) is 1.91. The summed E-state index contributed by atoms with van der Waals surface area (Å²) in [5.41, 5.74) is 2.51. The van der Waals surface area contributed by atoms with Crippen LogP contribution in [0.1, 0.15) is 0 Å². The number of nitrogens with zero attached hydrogens (tertiary/aromatic N) is 2. The molecule has 68 valence electrons. The highest BCUT2D eigenvalue weighted by Gasteiger charge is 2.07. The molecule has 1 aromatic carbocycles. The lowest BCUT2D eigenvalue weighted by atomic mass is 10.2. The lowest BCUT2D eigenvalue weighted by Gasteiger charge is -2.25. The fourth-order valence-electron chi connectivity index (χ4n) is 1.40. The summed E-state index contributed by atoms with van der Waals surface area (Å²) >= 11 is 2.77. The second-order valence-electron chi connectivity index (χ2n) is 3.50. The first-order chi connectivity index (χ1) is 6.04. The second-order valence-corrected chi connectivity index (χ2v) is 4.13. The van der Waals surface area contributed by atoms with Gasteiger partial charge in [0.1, 0.15) is 0 Å². The van der Waals surface area contributed by atoms with Gasteiger partial charge in [-0.05, 0) is 6.07 Å². The molecule has 0 aliphatic carbocycles. The molecule has 0 saturated carbocycles. The van der Waals surface area contributed by atoms with Gasteiger partial charge in [-0.2, -0.15) is 0 Å². The van der Waals surface area contributed by atoms with E-state index in [1.165, 1.54) is 15.8 Å². The highest BCUT2D eigenvalue weighted by molar-refractivity contribution is 6.36. The predicted octanol–water partition coefficient (Wildman–Crippen LogP) is 0.612. The summed E-state index contributed by atoms with van der Waals surface area (Å²) in [4.78, 5) is 4.26. The van der Waals surface area contributed by atoms with E-state index in [0.29, 0.717) is 0 Å². The molecule has 0 saturated heterocycles. The van der Waals surface area contributed by atoms with Gasteiger partial charge in [-0.3, -0.25) is 0 Å². The van der Waals surface area contributed by atoms with Gasteiger partial charge in [-0.15, -0.1) is 4.43 Å². The largest absolute Gasteiger partial charge is 0.377 e. The quantitative estimate of drug-likeness (QED) is 0.630. The molecule has 3 heteroatoms. The Morgan fingerprint density at radius 2 is 1.62 bits per heavy atom. The number of benzene rings is 1. The monoisotopic (exact) mass is 190 g/mol. The standard InChI is InChI=1S/C10H15N2.Al/c1-11(2)9-7-5-6-8-10(9)12(3)4;/h5-7H,1-4H3;. The zero-order chi connectivity index (χ0) is 10.0. The fraction of sp³-hybridized carbons (Fsp3) is 0.400. The number of para-hydroxylation sites is 1. The van der Waals surface area contributed by atoms with Gasteiger partial charge in [0.15, 0.2) is 16.3 Å². The Balaban J connectivity index is 3.26. The zero-order valence-electron chi connectivity index (χ0n) is 8.70. The maximum absolute atomic E-state index is 2.77. The van der Waals surface area contributed by atoms with Crippen molar-refractivity contribution in [2.75, 3.05) is 38.0 Å². The lowest BCUT2D eigenvalue weighted by Crippen LogP contribution is -2.23. The Kier molecular flexibility index (Phi) is 3.24. The van der Waals surface area contributed by atoms with Crippen LogP contribution in [0.15, 0.2) is 18.2 Å². The van der Waals surface area contributed by atoms with Crippen molar-refractivity contribution in [3.63, 3.8) is 0 Å². The molecule has 1 aromatic rings. The SMILES string of the molecule is CN(C)c1ccc[c]([Al])c1N(C)C. The van der Waals surface area contributed by atoms with E-state index in [-0.39, 0.29) is 0 Å². The maximum atomic E-state index is 2.77. The van der Waals surface area contributed by atoms with E-state index in [2.05, 4.69) is 72.5 Å². The van der Waals surface area contributed by atoms with Crippen molar-refractivity contribution in [1.82, 2.24) is 0 Å². The smallest absolute Gasteiger partial charge is 0.179 e. The topological polar surface area (TPSA) is 6.48 Å². The summed E-state index contributed by atoms with van der Waals surface area (Å²) in [6.45, 7) is 0. The van der Waals surface area contributed by atoms with Gasteiger partial charge in [0.05, 0.1) is 5.69 Å². The van der Waals surface area contributed by atoms with Gasteiger partial charge >= 0.3 is 0 Å². The summed E-state index contributed by atoms with van der Waals surface area (Å²) < 4.78 is 1.23. The molecular weight excluding hydrogens is 175 g/mol. The molecule has 0 spiro atoms. The van der Waals surface area contributed by atoms with Crippen molar-refractivity contribution in [3.05, 3.63) is 18.2 Å². The molecule has 13 heavy (non-hydrogen) atoms. The first-order valence-corrected chi connectivity index (χ1v) is 4.85. The summed E-state index contributed by atoms with van der Waals surface area (Å²) in [5.74, 6) is 0. The van der Waals surface area contributed by atoms with Crippen molar-refractivity contribution in [3.8, 4) is 0 Å². The van der Waals surface area contributed by atoms with Crippen LogP contribution in [-0.2, 0) is 0 Å². The summed E-state index contributed by atoms with van der Waals surface area (Å²) in [6, 6.07) is 6.31. The summed E-state index contributed by atoms with van der Waals surface area (Å²) in [5, 5.41) is 0. The van der Waals surface area contributed by atoms with Crippen LogP contribution in [0.2, 0.25) is 0 Å². The minimum Gasteiger partial charge on any atom is -0.377 e. The van der Waals surface area contributed by atoms with Crippen LogP contribution in [0.4, 0.5) is 11.4 Å². The van der Waals surface area contributed by atoms with Crippen LogP contribution in [0.25, 0.3) is 0 Å².